The van der Waals surface area contributed by atoms with Gasteiger partial charge in [-0.3, -0.25) is 4.79 Å². The minimum atomic E-state index is -3.64. The van der Waals surface area contributed by atoms with Crippen LogP contribution in [-0.2, 0) is 14.8 Å². The molecule has 0 bridgehead atoms. The SMILES string of the molecule is O=C(COc1ccc(Cl)cc1Cl)N1CCCN(S(=O)(=O)c2cnc[nH]2)CC1. The summed E-state index contributed by atoms with van der Waals surface area (Å²) < 4.78 is 31.9. The van der Waals surface area contributed by atoms with E-state index in [-0.39, 0.29) is 30.6 Å². The predicted molar refractivity (Wildman–Crippen MR) is 101 cm³/mol. The Balaban J connectivity index is 1.58. The van der Waals surface area contributed by atoms with Gasteiger partial charge in [0.1, 0.15) is 5.75 Å². The lowest BCUT2D eigenvalue weighted by Crippen LogP contribution is -2.39. The van der Waals surface area contributed by atoms with Crippen LogP contribution >= 0.6 is 23.2 Å². The Bertz CT molecular complexity index is 905. The number of benzene rings is 1. The molecule has 146 valence electrons. The van der Waals surface area contributed by atoms with Gasteiger partial charge < -0.3 is 14.6 Å². The van der Waals surface area contributed by atoms with Crippen LogP contribution in [0.3, 0.4) is 0 Å². The molecule has 1 amide bonds. The lowest BCUT2D eigenvalue weighted by molar-refractivity contribution is -0.133. The number of aromatic amines is 1. The summed E-state index contributed by atoms with van der Waals surface area (Å²) >= 11 is 11.9. The van der Waals surface area contributed by atoms with Crippen molar-refractivity contribution in [2.24, 2.45) is 0 Å². The van der Waals surface area contributed by atoms with Crippen molar-refractivity contribution in [1.82, 2.24) is 19.2 Å². The van der Waals surface area contributed by atoms with E-state index in [1.54, 1.807) is 17.0 Å². The molecule has 11 heteroatoms. The van der Waals surface area contributed by atoms with Crippen LogP contribution in [0.25, 0.3) is 0 Å². The Labute approximate surface area is 167 Å². The van der Waals surface area contributed by atoms with E-state index in [1.807, 2.05) is 0 Å². The summed E-state index contributed by atoms with van der Waals surface area (Å²) in [5.41, 5.74) is 0. The maximum absolute atomic E-state index is 12.6. The fourth-order valence-electron chi connectivity index (χ4n) is 2.73. The molecule has 1 saturated heterocycles. The monoisotopic (exact) mass is 432 g/mol. The number of carbonyl (C=O) groups is 1. The summed E-state index contributed by atoms with van der Waals surface area (Å²) in [7, 11) is -3.64. The van der Waals surface area contributed by atoms with E-state index < -0.39 is 10.0 Å². The fraction of sp³-hybridized carbons (Fsp3) is 0.375. The molecule has 0 atom stereocenters. The molecule has 1 aliphatic rings. The minimum Gasteiger partial charge on any atom is -0.482 e. The number of carbonyl (C=O) groups excluding carboxylic acids is 1. The number of hydrogen-bond acceptors (Lipinski definition) is 5. The number of hydrogen-bond donors (Lipinski definition) is 1. The number of rotatable bonds is 5. The first kappa shape index (κ1) is 19.9. The summed E-state index contributed by atoms with van der Waals surface area (Å²) in [6, 6.07) is 4.75. The summed E-state index contributed by atoms with van der Waals surface area (Å²) in [4.78, 5) is 20.4. The number of H-pyrrole nitrogens is 1. The average Bonchev–Trinajstić information content (AvgIpc) is 3.06. The molecular formula is C16H18Cl2N4O4S. The van der Waals surface area contributed by atoms with Crippen molar-refractivity contribution in [3.8, 4) is 5.75 Å². The first-order chi connectivity index (χ1) is 12.9. The highest BCUT2D eigenvalue weighted by molar-refractivity contribution is 7.89. The molecule has 8 nitrogen and oxygen atoms in total. The number of aromatic nitrogens is 2. The molecule has 1 aliphatic heterocycles. The minimum absolute atomic E-state index is 0.0444. The molecule has 0 unspecified atom stereocenters. The third kappa shape index (κ3) is 4.73. The molecular weight excluding hydrogens is 415 g/mol. The van der Waals surface area contributed by atoms with Crippen LogP contribution in [0, 0.1) is 0 Å². The van der Waals surface area contributed by atoms with Crippen molar-refractivity contribution in [3.05, 3.63) is 40.8 Å². The molecule has 2 aromatic rings. The van der Waals surface area contributed by atoms with Gasteiger partial charge in [0, 0.05) is 31.2 Å². The van der Waals surface area contributed by atoms with Crippen LogP contribution in [0.15, 0.2) is 35.7 Å². The second kappa shape index (κ2) is 8.47. The van der Waals surface area contributed by atoms with Gasteiger partial charge in [-0.05, 0) is 24.6 Å². The number of halogens is 2. The Kier molecular flexibility index (Phi) is 6.25. The number of imidazole rings is 1. The van der Waals surface area contributed by atoms with E-state index in [9.17, 15) is 13.2 Å². The maximum Gasteiger partial charge on any atom is 0.260 e. The molecule has 0 aliphatic carbocycles. The number of sulfonamides is 1. The van der Waals surface area contributed by atoms with Gasteiger partial charge in [0.05, 0.1) is 17.5 Å². The zero-order chi connectivity index (χ0) is 19.4. The molecule has 1 aromatic heterocycles. The van der Waals surface area contributed by atoms with Crippen molar-refractivity contribution in [2.45, 2.75) is 11.4 Å². The molecule has 1 aromatic carbocycles. The highest BCUT2D eigenvalue weighted by Gasteiger charge is 2.29. The number of ether oxygens (including phenoxy) is 1. The molecule has 27 heavy (non-hydrogen) atoms. The predicted octanol–water partition coefficient (Wildman–Crippen LogP) is 2.02. The van der Waals surface area contributed by atoms with E-state index in [0.29, 0.717) is 35.3 Å². The van der Waals surface area contributed by atoms with Crippen molar-refractivity contribution >= 4 is 39.1 Å². The van der Waals surface area contributed by atoms with Gasteiger partial charge in [0.15, 0.2) is 11.6 Å². The molecule has 0 spiro atoms. The molecule has 3 rings (SSSR count). The Morgan fingerprint density at radius 3 is 2.74 bits per heavy atom. The van der Waals surface area contributed by atoms with Crippen molar-refractivity contribution in [2.75, 3.05) is 32.8 Å². The van der Waals surface area contributed by atoms with Gasteiger partial charge in [0.2, 0.25) is 0 Å². The largest absolute Gasteiger partial charge is 0.482 e. The number of amides is 1. The average molecular weight is 433 g/mol. The first-order valence-electron chi connectivity index (χ1n) is 8.22. The molecule has 1 fully saturated rings. The van der Waals surface area contributed by atoms with Gasteiger partial charge in [-0.1, -0.05) is 23.2 Å². The highest BCUT2D eigenvalue weighted by atomic mass is 35.5. The van der Waals surface area contributed by atoms with Crippen molar-refractivity contribution < 1.29 is 17.9 Å². The summed E-state index contributed by atoms with van der Waals surface area (Å²) in [6.07, 6.45) is 3.12. The maximum atomic E-state index is 12.6. The van der Waals surface area contributed by atoms with Crippen LogP contribution in [0.5, 0.6) is 5.75 Å². The normalized spacial score (nSPS) is 16.1. The van der Waals surface area contributed by atoms with Crippen molar-refractivity contribution in [1.29, 1.82) is 0 Å². The number of nitrogens with one attached hydrogen (secondary N) is 1. The molecule has 2 heterocycles. The van der Waals surface area contributed by atoms with Crippen LogP contribution in [0.1, 0.15) is 6.42 Å². The summed E-state index contributed by atoms with van der Waals surface area (Å²) in [6.45, 7) is 1.08. The van der Waals surface area contributed by atoms with Crippen LogP contribution in [0.2, 0.25) is 10.0 Å². The van der Waals surface area contributed by atoms with Gasteiger partial charge in [-0.25, -0.2) is 13.4 Å². The number of nitrogens with zero attached hydrogens (tertiary/aromatic N) is 3. The summed E-state index contributed by atoms with van der Waals surface area (Å²) in [5.74, 6) is 0.134. The van der Waals surface area contributed by atoms with E-state index in [1.165, 1.54) is 22.9 Å². The topological polar surface area (TPSA) is 95.6 Å². The standard InChI is InChI=1S/C16H18Cl2N4O4S/c17-12-2-3-14(13(18)8-12)26-10-16(23)21-4-1-5-22(7-6-21)27(24,25)15-9-19-11-20-15/h2-3,8-9,11H,1,4-7,10H2,(H,19,20). The lowest BCUT2D eigenvalue weighted by Gasteiger charge is -2.21. The first-order valence-corrected chi connectivity index (χ1v) is 10.4. The van der Waals surface area contributed by atoms with Crippen molar-refractivity contribution in [3.63, 3.8) is 0 Å². The van der Waals surface area contributed by atoms with Gasteiger partial charge >= 0.3 is 0 Å². The van der Waals surface area contributed by atoms with E-state index in [0.717, 1.165) is 0 Å². The van der Waals surface area contributed by atoms with E-state index in [4.69, 9.17) is 27.9 Å². The second-order valence-corrected chi connectivity index (χ2v) is 8.67. The third-order valence-electron chi connectivity index (χ3n) is 4.14. The van der Waals surface area contributed by atoms with E-state index >= 15 is 0 Å². The second-order valence-electron chi connectivity index (χ2n) is 5.92. The quantitative estimate of drug-likeness (QED) is 0.779. The zero-order valence-electron chi connectivity index (χ0n) is 14.3. The molecule has 0 saturated carbocycles. The highest BCUT2D eigenvalue weighted by Crippen LogP contribution is 2.27. The lowest BCUT2D eigenvalue weighted by atomic mass is 10.3. The van der Waals surface area contributed by atoms with Gasteiger partial charge in [0.25, 0.3) is 15.9 Å². The molecule has 0 radical (unpaired) electrons. The Morgan fingerprint density at radius 1 is 1.22 bits per heavy atom. The Morgan fingerprint density at radius 2 is 2.04 bits per heavy atom. The van der Waals surface area contributed by atoms with E-state index in [2.05, 4.69) is 9.97 Å². The summed E-state index contributed by atoms with van der Waals surface area (Å²) in [5, 5.41) is 0.843. The van der Waals surface area contributed by atoms with Gasteiger partial charge in [-0.2, -0.15) is 4.31 Å². The third-order valence-corrected chi connectivity index (χ3v) is 6.50. The van der Waals surface area contributed by atoms with Crippen LogP contribution in [-0.4, -0.2) is 66.3 Å². The van der Waals surface area contributed by atoms with Gasteiger partial charge in [-0.15, -0.1) is 0 Å². The zero-order valence-corrected chi connectivity index (χ0v) is 16.6. The molecule has 1 N–H and O–H groups in total. The fourth-order valence-corrected chi connectivity index (χ4v) is 4.56. The van der Waals surface area contributed by atoms with Crippen LogP contribution in [0.4, 0.5) is 0 Å². The van der Waals surface area contributed by atoms with Crippen LogP contribution < -0.4 is 4.74 Å². The Hall–Kier alpha value is -1.81. The smallest absolute Gasteiger partial charge is 0.260 e.